The van der Waals surface area contributed by atoms with Crippen molar-refractivity contribution in [3.8, 4) is 0 Å². The summed E-state index contributed by atoms with van der Waals surface area (Å²) in [4.78, 5) is 12.1. The van der Waals surface area contributed by atoms with E-state index >= 15 is 0 Å². The van der Waals surface area contributed by atoms with Gasteiger partial charge >= 0.3 is 11.9 Å². The first-order chi connectivity index (χ1) is 18.9. The third-order valence-electron chi connectivity index (χ3n) is 8.64. The van der Waals surface area contributed by atoms with Gasteiger partial charge in [-0.25, -0.2) is 4.79 Å². The Balaban J connectivity index is 4.07. The number of unbranched alkanes of at least 4 members (excludes halogenated alkanes) is 15. The Hall–Kier alpha value is -0.670. The van der Waals surface area contributed by atoms with Crippen molar-refractivity contribution in [1.29, 1.82) is 0 Å². The summed E-state index contributed by atoms with van der Waals surface area (Å²) in [6.07, 6.45) is 28.9. The van der Waals surface area contributed by atoms with E-state index in [1.54, 1.807) is 0 Å². The van der Waals surface area contributed by atoms with Gasteiger partial charge in [0, 0.05) is 6.42 Å². The Kier molecular flexibility index (Phi) is 27.0. The molecule has 1 unspecified atom stereocenters. The first kappa shape index (κ1) is 38.3. The number of esters is 1. The van der Waals surface area contributed by atoms with Gasteiger partial charge < -0.3 is 4.74 Å². The highest BCUT2D eigenvalue weighted by Gasteiger charge is 2.39. The predicted molar refractivity (Wildman–Crippen MR) is 166 cm³/mol. The molecule has 0 aromatic heterocycles. The highest BCUT2D eigenvalue weighted by molar-refractivity contribution is 5.77. The van der Waals surface area contributed by atoms with Gasteiger partial charge in [-0.15, -0.1) is 0 Å². The zero-order valence-electron chi connectivity index (χ0n) is 26.8. The molecule has 0 heterocycles. The summed E-state index contributed by atoms with van der Waals surface area (Å²) in [5.41, 5.74) is 0. The Bertz CT molecular complexity index is 511. The van der Waals surface area contributed by atoms with E-state index in [0.717, 1.165) is 44.4 Å². The molecule has 0 spiro atoms. The van der Waals surface area contributed by atoms with Gasteiger partial charge in [-0.3, -0.25) is 0 Å². The van der Waals surface area contributed by atoms with Crippen LogP contribution >= 0.6 is 0 Å². The zero-order valence-corrected chi connectivity index (χ0v) is 26.8. The molecule has 234 valence electrons. The van der Waals surface area contributed by atoms with Crippen molar-refractivity contribution in [2.24, 2.45) is 11.8 Å². The molecule has 0 saturated heterocycles. The van der Waals surface area contributed by atoms with Crippen molar-refractivity contribution >= 4 is 5.97 Å². The number of halogens is 2. The van der Waals surface area contributed by atoms with Crippen LogP contribution in [0.1, 0.15) is 195 Å². The monoisotopic (exact) mass is 559 g/mol. The van der Waals surface area contributed by atoms with E-state index in [0.29, 0.717) is 12.3 Å². The van der Waals surface area contributed by atoms with Crippen LogP contribution in [0, 0.1) is 11.8 Å². The summed E-state index contributed by atoms with van der Waals surface area (Å²) in [5, 5.41) is 0. The summed E-state index contributed by atoms with van der Waals surface area (Å²) in [7, 11) is 0. The summed E-state index contributed by atoms with van der Waals surface area (Å²) in [5.74, 6) is -3.39. The summed E-state index contributed by atoms with van der Waals surface area (Å²) in [6, 6.07) is 0. The van der Waals surface area contributed by atoms with Crippen LogP contribution in [0.2, 0.25) is 0 Å². The molecule has 2 nitrogen and oxygen atoms in total. The molecule has 0 saturated carbocycles. The van der Waals surface area contributed by atoms with Gasteiger partial charge in [-0.2, -0.15) is 8.78 Å². The maximum atomic E-state index is 14.4. The molecule has 0 aliphatic rings. The average molecular weight is 559 g/mol. The van der Waals surface area contributed by atoms with E-state index in [4.69, 9.17) is 4.74 Å². The van der Waals surface area contributed by atoms with Gasteiger partial charge in [0.1, 0.15) is 0 Å². The Labute approximate surface area is 243 Å². The second-order valence-electron chi connectivity index (χ2n) is 12.3. The SMILES string of the molecule is CCCCCCCCCC(CC)CCCCCCC(F)(F)C(=O)OCCC(CCCCCC)CCCCCC. The van der Waals surface area contributed by atoms with Crippen LogP contribution in [0.3, 0.4) is 0 Å². The van der Waals surface area contributed by atoms with E-state index < -0.39 is 11.9 Å². The fourth-order valence-corrected chi connectivity index (χ4v) is 5.75. The molecule has 0 radical (unpaired) electrons. The number of rotatable bonds is 30. The molecule has 0 amide bonds. The molecule has 0 N–H and O–H groups in total. The molecule has 0 aromatic rings. The van der Waals surface area contributed by atoms with E-state index in [1.807, 2.05) is 0 Å². The Morgan fingerprint density at radius 3 is 1.38 bits per heavy atom. The smallest absolute Gasteiger partial charge is 0.376 e. The molecular weight excluding hydrogens is 490 g/mol. The lowest BCUT2D eigenvalue weighted by Crippen LogP contribution is -2.31. The Morgan fingerprint density at radius 2 is 0.923 bits per heavy atom. The third kappa shape index (κ3) is 23.7. The maximum absolute atomic E-state index is 14.4. The van der Waals surface area contributed by atoms with Crippen LogP contribution in [-0.4, -0.2) is 18.5 Å². The first-order valence-electron chi connectivity index (χ1n) is 17.5. The van der Waals surface area contributed by atoms with Crippen molar-refractivity contribution in [2.75, 3.05) is 6.61 Å². The minimum absolute atomic E-state index is 0.137. The summed E-state index contributed by atoms with van der Waals surface area (Å²) < 4.78 is 33.9. The van der Waals surface area contributed by atoms with Crippen molar-refractivity contribution < 1.29 is 18.3 Å². The van der Waals surface area contributed by atoms with Gasteiger partial charge in [0.05, 0.1) is 6.61 Å². The fourth-order valence-electron chi connectivity index (χ4n) is 5.75. The summed E-state index contributed by atoms with van der Waals surface area (Å²) >= 11 is 0. The van der Waals surface area contributed by atoms with Gasteiger partial charge in [0.2, 0.25) is 0 Å². The van der Waals surface area contributed by atoms with Crippen LogP contribution in [0.4, 0.5) is 8.78 Å². The van der Waals surface area contributed by atoms with Crippen LogP contribution in [-0.2, 0) is 9.53 Å². The Morgan fingerprint density at radius 1 is 0.538 bits per heavy atom. The van der Waals surface area contributed by atoms with E-state index in [9.17, 15) is 13.6 Å². The highest BCUT2D eigenvalue weighted by atomic mass is 19.3. The normalized spacial score (nSPS) is 12.8. The average Bonchev–Trinajstić information content (AvgIpc) is 2.93. The molecular formula is C35H68F2O2. The number of alkyl halides is 2. The van der Waals surface area contributed by atoms with Crippen molar-refractivity contribution in [3.63, 3.8) is 0 Å². The van der Waals surface area contributed by atoms with Gasteiger partial charge in [-0.1, -0.05) is 175 Å². The molecule has 39 heavy (non-hydrogen) atoms. The second kappa shape index (κ2) is 27.5. The molecule has 0 aromatic carbocycles. The minimum atomic E-state index is -3.35. The highest BCUT2D eigenvalue weighted by Crippen LogP contribution is 2.27. The first-order valence-corrected chi connectivity index (χ1v) is 17.5. The van der Waals surface area contributed by atoms with E-state index in [1.165, 1.54) is 116 Å². The predicted octanol–water partition coefficient (Wildman–Crippen LogP) is 12.6. The second-order valence-corrected chi connectivity index (χ2v) is 12.3. The summed E-state index contributed by atoms with van der Waals surface area (Å²) in [6.45, 7) is 9.09. The van der Waals surface area contributed by atoms with Crippen LogP contribution in [0.15, 0.2) is 0 Å². The van der Waals surface area contributed by atoms with E-state index in [-0.39, 0.29) is 13.0 Å². The van der Waals surface area contributed by atoms with E-state index in [2.05, 4.69) is 27.7 Å². The van der Waals surface area contributed by atoms with Crippen molar-refractivity contribution in [1.82, 2.24) is 0 Å². The third-order valence-corrected chi connectivity index (χ3v) is 8.64. The van der Waals surface area contributed by atoms with Gasteiger partial charge in [0.15, 0.2) is 0 Å². The van der Waals surface area contributed by atoms with Crippen LogP contribution in [0.5, 0.6) is 0 Å². The number of ether oxygens (including phenoxy) is 1. The molecule has 0 fully saturated rings. The minimum Gasteiger partial charge on any atom is -0.461 e. The van der Waals surface area contributed by atoms with Gasteiger partial charge in [0.25, 0.3) is 0 Å². The molecule has 4 heteroatoms. The van der Waals surface area contributed by atoms with Crippen LogP contribution < -0.4 is 0 Å². The maximum Gasteiger partial charge on any atom is 0.376 e. The standard InChI is InChI=1S/C35H68F2O2/c1-5-9-12-15-16-17-22-25-32(8-4)26-23-18-19-24-30-35(36,37)34(38)39-31-29-33(27-20-13-10-6-2)28-21-14-11-7-3/h32-33H,5-31H2,1-4H3. The molecule has 0 rings (SSSR count). The largest absolute Gasteiger partial charge is 0.461 e. The molecule has 1 atom stereocenters. The number of carbonyl (C=O) groups excluding carboxylic acids is 1. The topological polar surface area (TPSA) is 26.3 Å². The van der Waals surface area contributed by atoms with Crippen molar-refractivity contribution in [3.05, 3.63) is 0 Å². The number of hydrogen-bond donors (Lipinski definition) is 0. The number of hydrogen-bond acceptors (Lipinski definition) is 2. The molecule has 0 aliphatic heterocycles. The zero-order chi connectivity index (χ0) is 29.0. The van der Waals surface area contributed by atoms with Crippen LogP contribution in [0.25, 0.3) is 0 Å². The lowest BCUT2D eigenvalue weighted by atomic mass is 9.92. The molecule has 0 bridgehead atoms. The lowest BCUT2D eigenvalue weighted by molar-refractivity contribution is -0.173. The quantitative estimate of drug-likeness (QED) is 0.0647. The molecule has 0 aliphatic carbocycles. The number of carbonyl (C=O) groups is 1. The fraction of sp³-hybridized carbons (Fsp3) is 0.971. The lowest BCUT2D eigenvalue weighted by Gasteiger charge is -2.19. The van der Waals surface area contributed by atoms with Gasteiger partial charge in [-0.05, 0) is 24.7 Å². The van der Waals surface area contributed by atoms with Crippen molar-refractivity contribution in [2.45, 2.75) is 201 Å².